The fourth-order valence-corrected chi connectivity index (χ4v) is 3.46. The van der Waals surface area contributed by atoms with Crippen molar-refractivity contribution in [1.82, 2.24) is 10.4 Å². The molecule has 4 rings (SSSR count). The van der Waals surface area contributed by atoms with Crippen LogP contribution in [0.4, 0.5) is 5.69 Å². The van der Waals surface area contributed by atoms with Gasteiger partial charge in [-0.1, -0.05) is 30.3 Å². The first-order chi connectivity index (χ1) is 16.0. The molecule has 1 amide bonds. The third kappa shape index (κ3) is 4.51. The second-order valence-electron chi connectivity index (χ2n) is 7.22. The molecular weight excluding hydrogens is 416 g/mol. The van der Waals surface area contributed by atoms with Crippen LogP contribution >= 0.6 is 0 Å². The fourth-order valence-electron chi connectivity index (χ4n) is 3.46. The summed E-state index contributed by atoms with van der Waals surface area (Å²) in [5.74, 6) is 5.99. The van der Waals surface area contributed by atoms with E-state index < -0.39 is 5.91 Å². The second-order valence-corrected chi connectivity index (χ2v) is 7.22. The van der Waals surface area contributed by atoms with Gasteiger partial charge in [-0.3, -0.25) is 20.6 Å². The van der Waals surface area contributed by atoms with Crippen molar-refractivity contribution in [3.8, 4) is 33.9 Å². The lowest BCUT2D eigenvalue weighted by Gasteiger charge is -2.15. The number of hydrogen-bond acceptors (Lipinski definition) is 6. The Morgan fingerprint density at radius 2 is 1.61 bits per heavy atom. The molecule has 0 atom stereocenters. The molecule has 0 unspecified atom stereocenters. The minimum atomic E-state index is -0.426. The highest BCUT2D eigenvalue weighted by Gasteiger charge is 2.18. The molecule has 0 fully saturated rings. The smallest absolute Gasteiger partial charge is 0.265 e. The van der Waals surface area contributed by atoms with Crippen molar-refractivity contribution < 1.29 is 9.53 Å². The van der Waals surface area contributed by atoms with Gasteiger partial charge >= 0.3 is 0 Å². The number of amidine groups is 1. The molecule has 1 heterocycles. The Hall–Kier alpha value is -4.69. The summed E-state index contributed by atoms with van der Waals surface area (Å²) in [7, 11) is 0. The number of carbonyl (C=O) groups is 1. The van der Waals surface area contributed by atoms with Crippen LogP contribution in [-0.4, -0.2) is 16.7 Å². The zero-order valence-electron chi connectivity index (χ0n) is 17.6. The maximum atomic E-state index is 11.9. The van der Waals surface area contributed by atoms with Crippen molar-refractivity contribution in [2.75, 3.05) is 5.73 Å². The number of nitrogens with one attached hydrogen (secondary N) is 2. The summed E-state index contributed by atoms with van der Waals surface area (Å²) in [5.41, 5.74) is 17.8. The van der Waals surface area contributed by atoms with E-state index >= 15 is 0 Å². The number of benzene rings is 3. The summed E-state index contributed by atoms with van der Waals surface area (Å²) in [6, 6.07) is 23.5. The maximum Gasteiger partial charge on any atom is 0.265 e. The van der Waals surface area contributed by atoms with Gasteiger partial charge in [-0.2, -0.15) is 0 Å². The lowest BCUT2D eigenvalue weighted by Crippen LogP contribution is -2.29. The maximum absolute atomic E-state index is 11.9. The third-order valence-electron chi connectivity index (χ3n) is 5.06. The number of nitrogen functional groups attached to an aromatic ring is 3. The van der Waals surface area contributed by atoms with Crippen LogP contribution in [0.1, 0.15) is 15.9 Å². The average Bonchev–Trinajstić information content (AvgIpc) is 2.84. The van der Waals surface area contributed by atoms with Crippen LogP contribution in [0.3, 0.4) is 0 Å². The lowest BCUT2D eigenvalue weighted by atomic mass is 9.96. The molecule has 0 bridgehead atoms. The predicted molar refractivity (Wildman–Crippen MR) is 129 cm³/mol. The Morgan fingerprint density at radius 3 is 2.27 bits per heavy atom. The summed E-state index contributed by atoms with van der Waals surface area (Å²) in [4.78, 5) is 16.4. The van der Waals surface area contributed by atoms with Crippen molar-refractivity contribution in [2.24, 2.45) is 11.6 Å². The number of hydrazine groups is 1. The number of nitrogens with zero attached hydrogens (tertiary/aromatic N) is 1. The first-order valence-corrected chi connectivity index (χ1v) is 10.1. The molecule has 0 aliphatic heterocycles. The number of nitrogens with two attached hydrogens (primary N) is 3. The highest BCUT2D eigenvalue weighted by Crippen LogP contribution is 2.34. The zero-order valence-corrected chi connectivity index (χ0v) is 17.6. The molecule has 164 valence electrons. The number of pyridine rings is 1. The molecule has 8 heteroatoms. The number of aromatic nitrogens is 1. The van der Waals surface area contributed by atoms with Gasteiger partial charge in [0.25, 0.3) is 5.91 Å². The van der Waals surface area contributed by atoms with Crippen molar-refractivity contribution in [2.45, 2.75) is 0 Å². The first-order valence-electron chi connectivity index (χ1n) is 10.1. The number of carbonyl (C=O) groups excluding carboxylic acids is 1. The zero-order chi connectivity index (χ0) is 23.4. The average molecular weight is 438 g/mol. The summed E-state index contributed by atoms with van der Waals surface area (Å²) in [6.45, 7) is 0. The number of rotatable bonds is 6. The third-order valence-corrected chi connectivity index (χ3v) is 5.06. The van der Waals surface area contributed by atoms with Crippen LogP contribution in [0.5, 0.6) is 11.5 Å². The van der Waals surface area contributed by atoms with Crippen molar-refractivity contribution in [1.29, 1.82) is 5.41 Å². The van der Waals surface area contributed by atoms with Gasteiger partial charge in [0.05, 0.1) is 16.9 Å². The molecule has 0 aliphatic carbocycles. The van der Waals surface area contributed by atoms with E-state index in [1.807, 2.05) is 54.6 Å². The molecule has 33 heavy (non-hydrogen) atoms. The quantitative estimate of drug-likeness (QED) is 0.102. The summed E-state index contributed by atoms with van der Waals surface area (Å²) >= 11 is 0. The monoisotopic (exact) mass is 438 g/mol. The van der Waals surface area contributed by atoms with Gasteiger partial charge in [0.1, 0.15) is 17.3 Å². The van der Waals surface area contributed by atoms with E-state index in [9.17, 15) is 4.79 Å². The lowest BCUT2D eigenvalue weighted by molar-refractivity contribution is 0.0953. The summed E-state index contributed by atoms with van der Waals surface area (Å²) in [6.07, 6.45) is 1.60. The largest absolute Gasteiger partial charge is 0.457 e. The van der Waals surface area contributed by atoms with Crippen molar-refractivity contribution in [3.63, 3.8) is 0 Å². The van der Waals surface area contributed by atoms with E-state index in [1.165, 1.54) is 0 Å². The Kier molecular flexibility index (Phi) is 6.01. The van der Waals surface area contributed by atoms with Crippen LogP contribution in [0.15, 0.2) is 85.1 Å². The van der Waals surface area contributed by atoms with Gasteiger partial charge in [0.2, 0.25) is 0 Å². The fraction of sp³-hybridized carbons (Fsp3) is 0. The summed E-state index contributed by atoms with van der Waals surface area (Å²) in [5, 5.41) is 8.11. The SMILES string of the molecule is N=C(N)c1c(-c2ccc(Oc3ccccc3)cc2)ncc(-c2cccc(C(=O)NN)c2)c1N. The number of para-hydroxylation sites is 1. The van der Waals surface area contributed by atoms with Gasteiger partial charge in [-0.05, 0) is 54.1 Å². The highest BCUT2D eigenvalue weighted by molar-refractivity contribution is 6.08. The number of ether oxygens (including phenoxy) is 1. The highest BCUT2D eigenvalue weighted by atomic mass is 16.5. The van der Waals surface area contributed by atoms with Crippen LogP contribution in [-0.2, 0) is 0 Å². The normalized spacial score (nSPS) is 10.5. The molecule has 4 aromatic rings. The van der Waals surface area contributed by atoms with Crippen molar-refractivity contribution >= 4 is 17.4 Å². The van der Waals surface area contributed by atoms with Crippen molar-refractivity contribution in [3.05, 3.63) is 96.2 Å². The second kappa shape index (κ2) is 9.21. The molecule has 1 aromatic heterocycles. The molecule has 0 radical (unpaired) electrons. The van der Waals surface area contributed by atoms with Crippen LogP contribution in [0, 0.1) is 5.41 Å². The minimum absolute atomic E-state index is 0.211. The summed E-state index contributed by atoms with van der Waals surface area (Å²) < 4.78 is 5.83. The molecule has 0 saturated carbocycles. The van der Waals surface area contributed by atoms with Gasteiger partial charge < -0.3 is 16.2 Å². The number of hydrogen-bond donors (Lipinski definition) is 5. The first kappa shape index (κ1) is 21.5. The molecule has 8 nitrogen and oxygen atoms in total. The molecule has 3 aromatic carbocycles. The van der Waals surface area contributed by atoms with E-state index in [0.29, 0.717) is 39.4 Å². The molecule has 0 spiro atoms. The van der Waals surface area contributed by atoms with Gasteiger partial charge in [0, 0.05) is 22.9 Å². The van der Waals surface area contributed by atoms with Gasteiger partial charge in [-0.15, -0.1) is 0 Å². The molecule has 0 saturated heterocycles. The van der Waals surface area contributed by atoms with E-state index in [0.717, 1.165) is 11.3 Å². The van der Waals surface area contributed by atoms with Crippen LogP contribution in [0.2, 0.25) is 0 Å². The minimum Gasteiger partial charge on any atom is -0.457 e. The molecule has 0 aliphatic rings. The van der Waals surface area contributed by atoms with E-state index in [4.69, 9.17) is 27.5 Å². The van der Waals surface area contributed by atoms with E-state index in [2.05, 4.69) is 10.4 Å². The molecule has 8 N–H and O–H groups in total. The standard InChI is InChI=1S/C25H22N6O2/c26-22-20(16-5-4-6-17(13-16)25(32)31-29)14-30-23(21(22)24(27)28)15-9-11-19(12-10-15)33-18-7-2-1-3-8-18/h1-14H,29H2,(H2,26,30)(H3,27,28)(H,31,32). The topological polar surface area (TPSA) is 153 Å². The van der Waals surface area contributed by atoms with E-state index in [1.54, 1.807) is 30.5 Å². The Morgan fingerprint density at radius 1 is 0.909 bits per heavy atom. The van der Waals surface area contributed by atoms with Crippen LogP contribution in [0.25, 0.3) is 22.4 Å². The predicted octanol–water partition coefficient (Wildman–Crippen LogP) is 3.68. The molecular formula is C25H22N6O2. The van der Waals surface area contributed by atoms with Gasteiger partial charge in [0.15, 0.2) is 0 Å². The Balaban J connectivity index is 1.71. The van der Waals surface area contributed by atoms with Gasteiger partial charge in [-0.25, -0.2) is 5.84 Å². The Labute approximate surface area is 190 Å². The van der Waals surface area contributed by atoms with E-state index in [-0.39, 0.29) is 5.84 Å². The number of amides is 1. The Bertz CT molecular complexity index is 1320. The number of anilines is 1. The van der Waals surface area contributed by atoms with Crippen LogP contribution < -0.4 is 27.5 Å².